The lowest BCUT2D eigenvalue weighted by molar-refractivity contribution is -0.336. The van der Waals surface area contributed by atoms with Crippen LogP contribution in [0.1, 0.15) is 6.92 Å². The van der Waals surface area contributed by atoms with Crippen molar-refractivity contribution in [2.24, 2.45) is 0 Å². The van der Waals surface area contributed by atoms with E-state index in [-0.39, 0.29) is 0 Å². The predicted molar refractivity (Wildman–Crippen MR) is 96.0 cm³/mol. The Bertz CT molecular complexity index is 777. The summed E-state index contributed by atoms with van der Waals surface area (Å²) in [6, 6.07) is -1.60. The molecule has 0 bridgehead atoms. The molecular weight excluding hydrogens is 466 g/mol. The lowest BCUT2D eigenvalue weighted by atomic mass is 9.95. The highest BCUT2D eigenvalue weighted by molar-refractivity contribution is 7.80. The molecule has 2 aliphatic rings. The van der Waals surface area contributed by atoms with Crippen LogP contribution in [-0.2, 0) is 43.1 Å². The monoisotopic (exact) mass is 491 g/mol. The quantitative estimate of drug-likeness (QED) is 0.158. The number of aliphatic hydroxyl groups is 4. The van der Waals surface area contributed by atoms with Crippen LogP contribution in [0.15, 0.2) is 0 Å². The second kappa shape index (κ2) is 10.6. The van der Waals surface area contributed by atoms with Gasteiger partial charge in [0.25, 0.3) is 0 Å². The molecule has 0 radical (unpaired) electrons. The molecule has 2 heterocycles. The van der Waals surface area contributed by atoms with Gasteiger partial charge in [-0.3, -0.25) is 9.35 Å². The molecule has 10 unspecified atom stereocenters. The van der Waals surface area contributed by atoms with Gasteiger partial charge in [0.1, 0.15) is 42.7 Å². The van der Waals surface area contributed by atoms with E-state index in [0.717, 1.165) is 14.0 Å². The van der Waals surface area contributed by atoms with Crippen LogP contribution < -0.4 is 5.32 Å². The normalized spacial score (nSPS) is 40.6. The molecule has 32 heavy (non-hydrogen) atoms. The number of amides is 1. The summed E-state index contributed by atoms with van der Waals surface area (Å²) in [4.78, 5) is 23.0. The van der Waals surface area contributed by atoms with Gasteiger partial charge in [0.05, 0.1) is 6.61 Å². The maximum absolute atomic E-state index is 11.6. The highest BCUT2D eigenvalue weighted by atomic mass is 32.3. The van der Waals surface area contributed by atoms with E-state index in [4.69, 9.17) is 23.5 Å². The number of aliphatic hydroxyl groups excluding tert-OH is 4. The first-order valence-electron chi connectivity index (χ1n) is 9.10. The van der Waals surface area contributed by atoms with E-state index in [1.165, 1.54) is 0 Å². The number of hydrogen-bond donors (Lipinski definition) is 7. The molecule has 7 N–H and O–H groups in total. The largest absolute Gasteiger partial charge is 0.479 e. The smallest absolute Gasteiger partial charge is 0.397 e. The van der Waals surface area contributed by atoms with E-state index in [2.05, 4.69) is 9.50 Å². The van der Waals surface area contributed by atoms with Crippen LogP contribution in [0, 0.1) is 0 Å². The average molecular weight is 491 g/mol. The molecule has 0 saturated carbocycles. The van der Waals surface area contributed by atoms with Crippen LogP contribution >= 0.6 is 0 Å². The van der Waals surface area contributed by atoms with E-state index < -0.39 is 90.2 Å². The molecular formula is C15H25NO15S. The Hall–Kier alpha value is -1.51. The van der Waals surface area contributed by atoms with Gasteiger partial charge >= 0.3 is 16.4 Å². The first kappa shape index (κ1) is 26.7. The van der Waals surface area contributed by atoms with E-state index in [9.17, 15) is 43.5 Å². The number of rotatable bonds is 8. The maximum atomic E-state index is 11.6. The average Bonchev–Trinajstić information content (AvgIpc) is 2.67. The molecule has 16 nitrogen and oxygen atoms in total. The van der Waals surface area contributed by atoms with Crippen LogP contribution in [0.2, 0.25) is 0 Å². The van der Waals surface area contributed by atoms with Crippen molar-refractivity contribution in [3.8, 4) is 0 Å². The Balaban J connectivity index is 2.44. The highest BCUT2D eigenvalue weighted by Crippen LogP contribution is 2.31. The van der Waals surface area contributed by atoms with E-state index in [1.807, 2.05) is 0 Å². The number of carbonyl (C=O) groups excluding carboxylic acids is 1. The predicted octanol–water partition coefficient (Wildman–Crippen LogP) is -4.68. The molecule has 1 amide bonds. The van der Waals surface area contributed by atoms with Gasteiger partial charge in [0.15, 0.2) is 18.7 Å². The fourth-order valence-corrected chi connectivity index (χ4v) is 3.97. The van der Waals surface area contributed by atoms with Crippen LogP contribution in [0.3, 0.4) is 0 Å². The molecule has 2 saturated heterocycles. The molecule has 0 aromatic heterocycles. The number of aliphatic carboxylic acids is 1. The highest BCUT2D eigenvalue weighted by Gasteiger charge is 2.54. The first-order valence-corrected chi connectivity index (χ1v) is 10.5. The standard InChI is InChI=1S/C15H25NO15S/c1-4(18)16-6-10(9(31-32(24,25)26)5(3-17)28-14(6)23)29-15-8(20)11(27-2)7(19)12(30-15)13(21)22/h5-12,14-15,17,19-20,23H,3H2,1-2H3,(H,16,18)(H,21,22)(H,24,25,26). The number of carboxylic acid groups (broad SMARTS) is 1. The van der Waals surface area contributed by atoms with E-state index >= 15 is 0 Å². The number of ether oxygens (including phenoxy) is 4. The van der Waals surface area contributed by atoms with Gasteiger partial charge in [-0.1, -0.05) is 0 Å². The number of methoxy groups -OCH3 is 1. The van der Waals surface area contributed by atoms with Gasteiger partial charge in [0, 0.05) is 14.0 Å². The topological polar surface area (TPSA) is 248 Å². The van der Waals surface area contributed by atoms with Gasteiger partial charge in [-0.05, 0) is 0 Å². The first-order chi connectivity index (χ1) is 14.8. The fourth-order valence-electron chi connectivity index (χ4n) is 3.46. The molecule has 0 aromatic carbocycles. The van der Waals surface area contributed by atoms with Crippen molar-refractivity contribution in [3.63, 3.8) is 0 Å². The summed E-state index contributed by atoms with van der Waals surface area (Å²) in [5, 5.41) is 51.7. The van der Waals surface area contributed by atoms with Crippen molar-refractivity contribution in [1.29, 1.82) is 0 Å². The zero-order valence-electron chi connectivity index (χ0n) is 16.7. The van der Waals surface area contributed by atoms with Gasteiger partial charge < -0.3 is 49.8 Å². The lowest BCUT2D eigenvalue weighted by Crippen LogP contribution is -2.68. The second-order valence-corrected chi connectivity index (χ2v) is 8.06. The van der Waals surface area contributed by atoms with Gasteiger partial charge in [0.2, 0.25) is 5.91 Å². The van der Waals surface area contributed by atoms with Crippen molar-refractivity contribution in [2.75, 3.05) is 13.7 Å². The molecule has 0 spiro atoms. The molecule has 186 valence electrons. The molecule has 0 aliphatic carbocycles. The summed E-state index contributed by atoms with van der Waals surface area (Å²) in [6.45, 7) is 0.0828. The Labute approximate surface area is 181 Å². The molecule has 2 aliphatic heterocycles. The number of carboxylic acids is 1. The molecule has 0 aromatic rings. The summed E-state index contributed by atoms with van der Waals surface area (Å²) in [5.74, 6) is -2.40. The third-order valence-corrected chi connectivity index (χ3v) is 5.26. The SMILES string of the molecule is COC1C(O)C(OC2C(NC(C)=O)C(O)OC(CO)C2OS(=O)(=O)O)OC(C(=O)O)C1O. The third kappa shape index (κ3) is 6.08. The summed E-state index contributed by atoms with van der Waals surface area (Å²) < 4.78 is 56.8. The molecule has 2 rings (SSSR count). The van der Waals surface area contributed by atoms with Crippen molar-refractivity contribution in [2.45, 2.75) is 68.3 Å². The Kier molecular flexibility index (Phi) is 8.87. The Morgan fingerprint density at radius 1 is 1.06 bits per heavy atom. The zero-order valence-corrected chi connectivity index (χ0v) is 17.6. The van der Waals surface area contributed by atoms with Crippen molar-refractivity contribution >= 4 is 22.3 Å². The van der Waals surface area contributed by atoms with Gasteiger partial charge in [-0.2, -0.15) is 8.42 Å². The van der Waals surface area contributed by atoms with E-state index in [0.29, 0.717) is 0 Å². The minimum absolute atomic E-state index is 0.752. The van der Waals surface area contributed by atoms with Crippen LogP contribution in [0.4, 0.5) is 0 Å². The zero-order chi connectivity index (χ0) is 24.4. The Morgan fingerprint density at radius 2 is 1.69 bits per heavy atom. The summed E-state index contributed by atoms with van der Waals surface area (Å²) in [5.41, 5.74) is 0. The Morgan fingerprint density at radius 3 is 2.16 bits per heavy atom. The van der Waals surface area contributed by atoms with Crippen LogP contribution in [0.25, 0.3) is 0 Å². The lowest BCUT2D eigenvalue weighted by Gasteiger charge is -2.47. The fraction of sp³-hybridized carbons (Fsp3) is 0.867. The number of carbonyl (C=O) groups is 2. The third-order valence-electron chi connectivity index (χ3n) is 4.80. The minimum atomic E-state index is -5.20. The van der Waals surface area contributed by atoms with Crippen molar-refractivity contribution in [1.82, 2.24) is 5.32 Å². The molecule has 2 fully saturated rings. The summed E-state index contributed by atoms with van der Waals surface area (Å²) in [7, 11) is -4.14. The molecule has 10 atom stereocenters. The van der Waals surface area contributed by atoms with Crippen LogP contribution in [0.5, 0.6) is 0 Å². The number of nitrogens with one attached hydrogen (secondary N) is 1. The van der Waals surface area contributed by atoms with Crippen molar-refractivity contribution in [3.05, 3.63) is 0 Å². The minimum Gasteiger partial charge on any atom is -0.479 e. The van der Waals surface area contributed by atoms with Gasteiger partial charge in [-0.15, -0.1) is 0 Å². The summed E-state index contributed by atoms with van der Waals surface area (Å²) in [6.07, 6.45) is -16.3. The van der Waals surface area contributed by atoms with Crippen LogP contribution in [-0.4, -0.2) is 125 Å². The summed E-state index contributed by atoms with van der Waals surface area (Å²) >= 11 is 0. The maximum Gasteiger partial charge on any atom is 0.397 e. The van der Waals surface area contributed by atoms with E-state index in [1.54, 1.807) is 0 Å². The molecule has 17 heteroatoms. The van der Waals surface area contributed by atoms with Gasteiger partial charge in [-0.25, -0.2) is 8.98 Å². The number of hydrogen-bond acceptors (Lipinski definition) is 13. The van der Waals surface area contributed by atoms with Crippen molar-refractivity contribution < 1.29 is 71.2 Å². The second-order valence-electron chi connectivity index (χ2n) is 7.01.